The molecule has 0 bridgehead atoms. The zero-order valence-corrected chi connectivity index (χ0v) is 16.9. The number of hydrogen-bond donors (Lipinski definition) is 1. The number of halogens is 1. The number of amides is 1. The average Bonchev–Trinajstić information content (AvgIpc) is 2.57. The van der Waals surface area contributed by atoms with E-state index in [1.807, 2.05) is 27.7 Å². The summed E-state index contributed by atoms with van der Waals surface area (Å²) in [4.78, 5) is 24.0. The van der Waals surface area contributed by atoms with Gasteiger partial charge in [0.2, 0.25) is 0 Å². The van der Waals surface area contributed by atoms with Gasteiger partial charge in [0, 0.05) is 16.8 Å². The molecule has 0 heterocycles. The van der Waals surface area contributed by atoms with Crippen molar-refractivity contribution in [3.8, 4) is 11.5 Å². The summed E-state index contributed by atoms with van der Waals surface area (Å²) >= 11 is 6.37. The molecule has 0 atom stereocenters. The highest BCUT2D eigenvalue weighted by atomic mass is 35.5. The Hall–Kier alpha value is -2.53. The van der Waals surface area contributed by atoms with Gasteiger partial charge < -0.3 is 14.8 Å². The predicted molar refractivity (Wildman–Crippen MR) is 107 cm³/mol. The maximum absolute atomic E-state index is 12.7. The Morgan fingerprint density at radius 3 is 1.78 bits per heavy atom. The Labute approximate surface area is 164 Å². The number of carbonyl (C=O) groups is 2. The number of carbonyl (C=O) groups excluding carboxylic acids is 2. The van der Waals surface area contributed by atoms with Gasteiger partial charge in [-0.2, -0.15) is 0 Å². The summed E-state index contributed by atoms with van der Waals surface area (Å²) in [5.74, 6) is 0.421. The highest BCUT2D eigenvalue weighted by Gasteiger charge is 2.18. The average molecular weight is 390 g/mol. The van der Waals surface area contributed by atoms with E-state index < -0.39 is 0 Å². The van der Waals surface area contributed by atoms with Crippen molar-refractivity contribution < 1.29 is 19.1 Å². The Morgan fingerprint density at radius 2 is 1.37 bits per heavy atom. The van der Waals surface area contributed by atoms with Gasteiger partial charge in [0.15, 0.2) is 5.78 Å². The number of ketones is 1. The molecule has 2 aromatic rings. The second-order valence-corrected chi connectivity index (χ2v) is 7.09. The summed E-state index contributed by atoms with van der Waals surface area (Å²) in [7, 11) is 0. The normalized spacial score (nSPS) is 10.8. The molecule has 0 aromatic heterocycles. The van der Waals surface area contributed by atoms with Gasteiger partial charge >= 0.3 is 0 Å². The number of anilines is 1. The van der Waals surface area contributed by atoms with E-state index in [9.17, 15) is 9.59 Å². The Kier molecular flexibility index (Phi) is 6.86. The van der Waals surface area contributed by atoms with Gasteiger partial charge in [-0.3, -0.25) is 9.59 Å². The molecule has 0 saturated carbocycles. The highest BCUT2D eigenvalue weighted by molar-refractivity contribution is 6.33. The van der Waals surface area contributed by atoms with E-state index in [0.29, 0.717) is 33.3 Å². The van der Waals surface area contributed by atoms with Crippen LogP contribution in [-0.4, -0.2) is 23.9 Å². The number of ether oxygens (including phenoxy) is 2. The summed E-state index contributed by atoms with van der Waals surface area (Å²) < 4.78 is 11.4. The first-order valence-electron chi connectivity index (χ1n) is 8.76. The van der Waals surface area contributed by atoms with Gasteiger partial charge in [0.25, 0.3) is 5.91 Å². The first-order chi connectivity index (χ1) is 12.7. The van der Waals surface area contributed by atoms with Crippen LogP contribution in [0.3, 0.4) is 0 Å². The van der Waals surface area contributed by atoms with Crippen LogP contribution in [0.4, 0.5) is 5.69 Å². The molecule has 0 radical (unpaired) electrons. The van der Waals surface area contributed by atoms with Gasteiger partial charge in [-0.25, -0.2) is 0 Å². The van der Waals surface area contributed by atoms with Crippen LogP contribution in [0.5, 0.6) is 11.5 Å². The fourth-order valence-electron chi connectivity index (χ4n) is 2.37. The number of hydrogen-bond acceptors (Lipinski definition) is 4. The molecule has 6 heteroatoms. The molecular formula is C21H24ClNO4. The molecule has 0 fully saturated rings. The van der Waals surface area contributed by atoms with E-state index in [4.69, 9.17) is 21.1 Å². The maximum Gasteiger partial charge on any atom is 0.255 e. The molecule has 144 valence electrons. The van der Waals surface area contributed by atoms with Crippen molar-refractivity contribution >= 4 is 29.0 Å². The van der Waals surface area contributed by atoms with Crippen LogP contribution < -0.4 is 14.8 Å². The molecule has 0 aliphatic heterocycles. The van der Waals surface area contributed by atoms with E-state index >= 15 is 0 Å². The lowest BCUT2D eigenvalue weighted by molar-refractivity contribution is 0.101. The summed E-state index contributed by atoms with van der Waals surface area (Å²) in [5, 5.41) is 3.13. The molecule has 0 unspecified atom stereocenters. The van der Waals surface area contributed by atoms with Crippen LogP contribution in [0.25, 0.3) is 0 Å². The van der Waals surface area contributed by atoms with Gasteiger partial charge in [-0.15, -0.1) is 0 Å². The zero-order chi connectivity index (χ0) is 20.1. The van der Waals surface area contributed by atoms with Gasteiger partial charge in [0.1, 0.15) is 16.5 Å². The third kappa shape index (κ3) is 5.73. The molecule has 5 nitrogen and oxygen atoms in total. The largest absolute Gasteiger partial charge is 0.489 e. The molecule has 0 aliphatic carbocycles. The molecule has 27 heavy (non-hydrogen) atoms. The molecule has 2 aromatic carbocycles. The number of rotatable bonds is 7. The van der Waals surface area contributed by atoms with Crippen LogP contribution in [-0.2, 0) is 0 Å². The van der Waals surface area contributed by atoms with Crippen LogP contribution in [0, 0.1) is 0 Å². The summed E-state index contributed by atoms with van der Waals surface area (Å²) in [6, 6.07) is 9.88. The minimum atomic E-state index is -0.329. The fourth-order valence-corrected chi connectivity index (χ4v) is 2.57. The minimum Gasteiger partial charge on any atom is -0.489 e. The molecule has 2 rings (SSSR count). The second kappa shape index (κ2) is 8.91. The Bertz CT molecular complexity index is 798. The minimum absolute atomic E-state index is 0.0310. The van der Waals surface area contributed by atoms with Crippen LogP contribution in [0.2, 0.25) is 5.02 Å². The van der Waals surface area contributed by atoms with E-state index in [1.54, 1.807) is 36.4 Å². The van der Waals surface area contributed by atoms with Crippen LogP contribution >= 0.6 is 11.6 Å². The van der Waals surface area contributed by atoms with E-state index in [-0.39, 0.29) is 23.9 Å². The SMILES string of the molecule is CC(=O)c1ccc(NC(=O)c2cc(OC(C)C)c(Cl)c(OC(C)C)c2)cc1. The van der Waals surface area contributed by atoms with Gasteiger partial charge in [0.05, 0.1) is 12.2 Å². The van der Waals surface area contributed by atoms with Crippen molar-refractivity contribution in [2.24, 2.45) is 0 Å². The maximum atomic E-state index is 12.7. The number of benzene rings is 2. The van der Waals surface area contributed by atoms with Gasteiger partial charge in [-0.1, -0.05) is 11.6 Å². The first-order valence-corrected chi connectivity index (χ1v) is 9.14. The summed E-state index contributed by atoms with van der Waals surface area (Å²) in [5.41, 5.74) is 1.53. The van der Waals surface area contributed by atoms with Crippen molar-refractivity contribution in [3.63, 3.8) is 0 Å². The Balaban J connectivity index is 2.31. The zero-order valence-electron chi connectivity index (χ0n) is 16.1. The Morgan fingerprint density at radius 1 is 0.889 bits per heavy atom. The third-order valence-electron chi connectivity index (χ3n) is 3.54. The highest BCUT2D eigenvalue weighted by Crippen LogP contribution is 2.37. The second-order valence-electron chi connectivity index (χ2n) is 6.71. The van der Waals surface area contributed by atoms with Crippen molar-refractivity contribution in [2.45, 2.75) is 46.8 Å². The summed E-state index contributed by atoms with van der Waals surface area (Å²) in [6.07, 6.45) is -0.210. The number of nitrogens with one attached hydrogen (secondary N) is 1. The van der Waals surface area contributed by atoms with Crippen molar-refractivity contribution in [1.82, 2.24) is 0 Å². The van der Waals surface area contributed by atoms with Crippen LogP contribution in [0.15, 0.2) is 36.4 Å². The molecule has 1 N–H and O–H groups in total. The first kappa shape index (κ1) is 20.8. The molecular weight excluding hydrogens is 366 g/mol. The monoisotopic (exact) mass is 389 g/mol. The fraction of sp³-hybridized carbons (Fsp3) is 0.333. The lowest BCUT2D eigenvalue weighted by atomic mass is 10.1. The van der Waals surface area contributed by atoms with Crippen molar-refractivity contribution in [2.75, 3.05) is 5.32 Å². The van der Waals surface area contributed by atoms with Crippen LogP contribution in [0.1, 0.15) is 55.3 Å². The topological polar surface area (TPSA) is 64.6 Å². The predicted octanol–water partition coefficient (Wildman–Crippen LogP) is 5.37. The van der Waals surface area contributed by atoms with E-state index in [2.05, 4.69) is 5.32 Å². The molecule has 0 spiro atoms. The van der Waals surface area contributed by atoms with Crippen molar-refractivity contribution in [1.29, 1.82) is 0 Å². The third-order valence-corrected chi connectivity index (χ3v) is 3.92. The summed E-state index contributed by atoms with van der Waals surface area (Å²) in [6.45, 7) is 9.00. The lowest BCUT2D eigenvalue weighted by Gasteiger charge is -2.18. The van der Waals surface area contributed by atoms with Crippen molar-refractivity contribution in [3.05, 3.63) is 52.5 Å². The molecule has 0 aliphatic rings. The molecule has 0 saturated heterocycles. The lowest BCUT2D eigenvalue weighted by Crippen LogP contribution is -2.15. The quantitative estimate of drug-likeness (QED) is 0.646. The number of Topliss-reactive ketones (excluding diaryl/α,β-unsaturated/α-hetero) is 1. The van der Waals surface area contributed by atoms with E-state index in [1.165, 1.54) is 6.92 Å². The standard InChI is InChI=1S/C21H24ClNO4/c1-12(2)26-18-10-16(11-19(20(18)22)27-13(3)4)21(25)23-17-8-6-15(7-9-17)14(5)24/h6-13H,1-5H3,(H,23,25). The van der Waals surface area contributed by atoms with E-state index in [0.717, 1.165) is 0 Å². The van der Waals surface area contributed by atoms with Gasteiger partial charge in [-0.05, 0) is 71.0 Å². The molecule has 1 amide bonds. The smallest absolute Gasteiger partial charge is 0.255 e.